The van der Waals surface area contributed by atoms with Crippen molar-refractivity contribution in [2.75, 3.05) is 5.32 Å². The number of amides is 2. The van der Waals surface area contributed by atoms with E-state index in [1.165, 1.54) is 17.0 Å². The van der Waals surface area contributed by atoms with Gasteiger partial charge in [0, 0.05) is 42.6 Å². The Morgan fingerprint density at radius 3 is 2.44 bits per heavy atom. The van der Waals surface area contributed by atoms with Crippen molar-refractivity contribution in [3.63, 3.8) is 0 Å². The molecule has 1 aliphatic heterocycles. The number of nitrogens with zero attached hydrogens (tertiary/aromatic N) is 1. The van der Waals surface area contributed by atoms with Gasteiger partial charge in [-0.05, 0) is 60.9 Å². The van der Waals surface area contributed by atoms with Crippen LogP contribution >= 0.6 is 0 Å². The summed E-state index contributed by atoms with van der Waals surface area (Å²) < 4.78 is 40.6. The first-order valence-electron chi connectivity index (χ1n) is 10.8. The number of benzene rings is 2. The van der Waals surface area contributed by atoms with Gasteiger partial charge in [0.15, 0.2) is 5.78 Å². The minimum Gasteiger partial charge on any atom is -0.406 e. The van der Waals surface area contributed by atoms with Gasteiger partial charge in [-0.1, -0.05) is 0 Å². The smallest absolute Gasteiger partial charge is 0.406 e. The van der Waals surface area contributed by atoms with Crippen molar-refractivity contribution in [2.45, 2.75) is 51.1 Å². The van der Waals surface area contributed by atoms with Gasteiger partial charge in [0.2, 0.25) is 0 Å². The summed E-state index contributed by atoms with van der Waals surface area (Å²) in [5, 5.41) is 2.65. The molecule has 1 N–H and O–H groups in total. The van der Waals surface area contributed by atoms with Gasteiger partial charge < -0.3 is 15.0 Å². The molecule has 0 aromatic heterocycles. The summed E-state index contributed by atoms with van der Waals surface area (Å²) in [7, 11) is 0. The first kappa shape index (κ1) is 23.5. The molecule has 1 fully saturated rings. The van der Waals surface area contributed by atoms with Crippen LogP contribution < -0.4 is 10.1 Å². The third-order valence-corrected chi connectivity index (χ3v) is 5.87. The molecule has 34 heavy (non-hydrogen) atoms. The fraction of sp³-hybridized carbons (Fsp3) is 0.333. The molecule has 1 saturated carbocycles. The molecule has 178 valence electrons. The normalized spacial score (nSPS) is 18.9. The molecule has 2 aliphatic rings. The molecule has 2 amide bonds. The molecule has 0 spiro atoms. The van der Waals surface area contributed by atoms with Crippen molar-refractivity contribution in [2.24, 2.45) is 0 Å². The lowest BCUT2D eigenvalue weighted by Gasteiger charge is -2.27. The Kier molecular flexibility index (Phi) is 6.41. The average molecular weight is 474 g/mol. The molecule has 1 atom stereocenters. The monoisotopic (exact) mass is 474 g/mol. The van der Waals surface area contributed by atoms with Crippen LogP contribution in [0.3, 0.4) is 0 Å². The maximum absolute atomic E-state index is 12.9. The van der Waals surface area contributed by atoms with Crippen molar-refractivity contribution in [3.05, 3.63) is 59.2 Å². The van der Waals surface area contributed by atoms with E-state index < -0.39 is 24.1 Å². The molecule has 10 heteroatoms. The summed E-state index contributed by atoms with van der Waals surface area (Å²) in [4.78, 5) is 51.3. The third-order valence-electron chi connectivity index (χ3n) is 5.87. The molecule has 2 aromatic rings. The summed E-state index contributed by atoms with van der Waals surface area (Å²) in [6, 6.07) is 8.57. The van der Waals surface area contributed by atoms with Crippen LogP contribution in [0.4, 0.5) is 18.9 Å². The van der Waals surface area contributed by atoms with Crippen molar-refractivity contribution < 1.29 is 37.1 Å². The second-order valence-corrected chi connectivity index (χ2v) is 8.24. The number of fused-ring (bicyclic) bond motifs is 1. The van der Waals surface area contributed by atoms with Gasteiger partial charge in [-0.25, -0.2) is 0 Å². The van der Waals surface area contributed by atoms with Crippen LogP contribution in [0.1, 0.15) is 58.4 Å². The number of halogens is 3. The van der Waals surface area contributed by atoms with Crippen LogP contribution in [0.2, 0.25) is 0 Å². The molecule has 1 aliphatic carbocycles. The minimum atomic E-state index is -4.82. The van der Waals surface area contributed by atoms with Gasteiger partial charge in [-0.3, -0.25) is 19.2 Å². The number of ether oxygens (including phenoxy) is 1. The Bertz CT molecular complexity index is 1140. The first-order chi connectivity index (χ1) is 16.1. The van der Waals surface area contributed by atoms with Gasteiger partial charge in [0.25, 0.3) is 11.8 Å². The number of ketones is 2. The maximum atomic E-state index is 12.9. The van der Waals surface area contributed by atoms with Crippen molar-refractivity contribution in [3.8, 4) is 5.75 Å². The number of hydrogen-bond acceptors (Lipinski definition) is 5. The van der Waals surface area contributed by atoms with Crippen LogP contribution in [0.15, 0.2) is 42.5 Å². The maximum Gasteiger partial charge on any atom is 0.573 e. The molecule has 2 aromatic carbocycles. The fourth-order valence-corrected chi connectivity index (χ4v) is 4.22. The Balaban J connectivity index is 1.45. The van der Waals surface area contributed by atoms with E-state index in [1.54, 1.807) is 18.2 Å². The molecule has 4 rings (SSSR count). The number of alkyl halides is 3. The molecular formula is C24H21F3N2O5. The van der Waals surface area contributed by atoms with E-state index in [9.17, 15) is 32.3 Å². The van der Waals surface area contributed by atoms with Gasteiger partial charge in [-0.15, -0.1) is 13.2 Å². The predicted octanol–water partition coefficient (Wildman–Crippen LogP) is 4.26. The molecule has 0 radical (unpaired) electrons. The Hall–Kier alpha value is -3.69. The zero-order valence-corrected chi connectivity index (χ0v) is 18.0. The molecule has 0 saturated heterocycles. The standard InChI is InChI=1S/C24H21F3N2O5/c25-24(26,27)34-18-8-4-14(5-9-18)22(32)28-16-6-10-19-15(12-16)13-29(23(19)33)20-11-7-17(30)2-1-3-21(20)31/h4-6,8-10,12,20H,1-3,7,11,13H2,(H,28,32). The van der Waals surface area contributed by atoms with Crippen molar-refractivity contribution >= 4 is 29.1 Å². The lowest BCUT2D eigenvalue weighted by Crippen LogP contribution is -2.42. The summed E-state index contributed by atoms with van der Waals surface area (Å²) >= 11 is 0. The fourth-order valence-electron chi connectivity index (χ4n) is 4.22. The number of hydrogen-bond donors (Lipinski definition) is 1. The summed E-state index contributed by atoms with van der Waals surface area (Å²) in [5.41, 5.74) is 1.58. The highest BCUT2D eigenvalue weighted by atomic mass is 19.4. The quantitative estimate of drug-likeness (QED) is 0.715. The number of carbonyl (C=O) groups is 4. The highest BCUT2D eigenvalue weighted by molar-refractivity contribution is 6.06. The van der Waals surface area contributed by atoms with E-state index >= 15 is 0 Å². The Morgan fingerprint density at radius 2 is 1.74 bits per heavy atom. The van der Waals surface area contributed by atoms with Gasteiger partial charge in [0.1, 0.15) is 11.5 Å². The first-order valence-corrected chi connectivity index (χ1v) is 10.8. The molecule has 1 unspecified atom stereocenters. The van der Waals surface area contributed by atoms with Crippen LogP contribution in [0, 0.1) is 0 Å². The second-order valence-electron chi connectivity index (χ2n) is 8.24. The number of Topliss-reactive ketones (excluding diaryl/α,β-unsaturated/α-hetero) is 2. The molecule has 0 bridgehead atoms. The van der Waals surface area contributed by atoms with Gasteiger partial charge in [-0.2, -0.15) is 0 Å². The summed E-state index contributed by atoms with van der Waals surface area (Å²) in [6.45, 7) is 0.186. The largest absolute Gasteiger partial charge is 0.573 e. The summed E-state index contributed by atoms with van der Waals surface area (Å²) in [6.07, 6.45) is -3.14. The predicted molar refractivity (Wildman–Crippen MR) is 114 cm³/mol. The van der Waals surface area contributed by atoms with E-state index in [1.807, 2.05) is 0 Å². The van der Waals surface area contributed by atoms with Crippen LogP contribution in [0.25, 0.3) is 0 Å². The van der Waals surface area contributed by atoms with E-state index in [0.29, 0.717) is 36.1 Å². The second kappa shape index (κ2) is 9.28. The summed E-state index contributed by atoms with van der Waals surface area (Å²) in [5.74, 6) is -1.25. The Labute approximate surface area is 192 Å². The highest BCUT2D eigenvalue weighted by Crippen LogP contribution is 2.30. The number of carbonyl (C=O) groups excluding carboxylic acids is 4. The number of rotatable bonds is 4. The minimum absolute atomic E-state index is 0.0554. The highest BCUT2D eigenvalue weighted by Gasteiger charge is 2.37. The molecule has 1 heterocycles. The van der Waals surface area contributed by atoms with Crippen molar-refractivity contribution in [1.82, 2.24) is 4.90 Å². The third kappa shape index (κ3) is 5.27. The van der Waals surface area contributed by atoms with Gasteiger partial charge >= 0.3 is 6.36 Å². The van der Waals surface area contributed by atoms with E-state index in [4.69, 9.17) is 0 Å². The van der Waals surface area contributed by atoms with Crippen molar-refractivity contribution in [1.29, 1.82) is 0 Å². The van der Waals surface area contributed by atoms with E-state index in [-0.39, 0.29) is 42.4 Å². The lowest BCUT2D eigenvalue weighted by atomic mass is 9.94. The zero-order chi connectivity index (χ0) is 24.5. The van der Waals surface area contributed by atoms with Crippen LogP contribution in [0.5, 0.6) is 5.75 Å². The van der Waals surface area contributed by atoms with Gasteiger partial charge in [0.05, 0.1) is 6.04 Å². The topological polar surface area (TPSA) is 92.8 Å². The van der Waals surface area contributed by atoms with E-state index in [0.717, 1.165) is 12.1 Å². The van der Waals surface area contributed by atoms with E-state index in [2.05, 4.69) is 10.1 Å². The Morgan fingerprint density at radius 1 is 1.00 bits per heavy atom. The lowest BCUT2D eigenvalue weighted by molar-refractivity contribution is -0.274. The number of nitrogens with one attached hydrogen (secondary N) is 1. The number of anilines is 1. The SMILES string of the molecule is O=C1CCCC(=O)C(N2Cc3cc(NC(=O)c4ccc(OC(F)(F)F)cc4)ccc3C2=O)CC1. The molecular weight excluding hydrogens is 453 g/mol. The van der Waals surface area contributed by atoms with Crippen LogP contribution in [-0.4, -0.2) is 40.7 Å². The van der Waals surface area contributed by atoms with Crippen LogP contribution in [-0.2, 0) is 16.1 Å². The average Bonchev–Trinajstić information content (AvgIpc) is 3.07. The zero-order valence-electron chi connectivity index (χ0n) is 18.0. The molecule has 7 nitrogen and oxygen atoms in total.